The van der Waals surface area contributed by atoms with Gasteiger partial charge in [-0.3, -0.25) is 9.63 Å². The molecular weight excluding hydrogens is 345 g/mol. The smallest absolute Gasteiger partial charge is 0.277 e. The molecule has 2 rings (SSSR count). The molecule has 0 aliphatic rings. The van der Waals surface area contributed by atoms with Crippen molar-refractivity contribution < 1.29 is 22.8 Å². The van der Waals surface area contributed by atoms with Gasteiger partial charge in [0.2, 0.25) is 0 Å². The van der Waals surface area contributed by atoms with Gasteiger partial charge in [0.05, 0.1) is 23.5 Å². The molecular formula is C19H23F3N2O2. The van der Waals surface area contributed by atoms with E-state index < -0.39 is 29.0 Å². The molecule has 0 aromatic heterocycles. The molecule has 2 aromatic rings. The topological polar surface area (TPSA) is 50.4 Å². The van der Waals surface area contributed by atoms with Crippen molar-refractivity contribution in [3.05, 3.63) is 58.9 Å². The fourth-order valence-corrected chi connectivity index (χ4v) is 1.99. The molecule has 0 saturated heterocycles. The lowest BCUT2D eigenvalue weighted by Gasteiger charge is -2.14. The monoisotopic (exact) mass is 368 g/mol. The SMILES string of the molecule is CC.CCCONC(=O)c1ccc(F)c(F)c1Nc1ccc(C)cc1F. The Morgan fingerprint density at radius 1 is 1.08 bits per heavy atom. The van der Waals surface area contributed by atoms with Crippen LogP contribution in [0, 0.1) is 24.4 Å². The molecule has 0 saturated carbocycles. The zero-order chi connectivity index (χ0) is 19.7. The number of nitrogens with one attached hydrogen (secondary N) is 2. The van der Waals surface area contributed by atoms with Crippen LogP contribution >= 0.6 is 0 Å². The molecule has 1 amide bonds. The van der Waals surface area contributed by atoms with Crippen LogP contribution in [0.25, 0.3) is 0 Å². The molecule has 0 bridgehead atoms. The van der Waals surface area contributed by atoms with Crippen molar-refractivity contribution in [2.24, 2.45) is 0 Å². The molecule has 0 aliphatic heterocycles. The van der Waals surface area contributed by atoms with E-state index in [1.165, 1.54) is 12.1 Å². The molecule has 0 spiro atoms. The van der Waals surface area contributed by atoms with Gasteiger partial charge in [0.15, 0.2) is 11.6 Å². The maximum atomic E-state index is 14.1. The van der Waals surface area contributed by atoms with Gasteiger partial charge >= 0.3 is 0 Å². The molecule has 4 nitrogen and oxygen atoms in total. The van der Waals surface area contributed by atoms with Gasteiger partial charge < -0.3 is 5.32 Å². The van der Waals surface area contributed by atoms with Gasteiger partial charge in [-0.1, -0.05) is 26.8 Å². The number of hydrogen-bond donors (Lipinski definition) is 2. The van der Waals surface area contributed by atoms with Crippen LogP contribution in [0.4, 0.5) is 24.5 Å². The van der Waals surface area contributed by atoms with E-state index in [0.29, 0.717) is 12.0 Å². The van der Waals surface area contributed by atoms with Gasteiger partial charge in [-0.2, -0.15) is 0 Å². The van der Waals surface area contributed by atoms with Crippen molar-refractivity contribution in [3.8, 4) is 0 Å². The van der Waals surface area contributed by atoms with Crippen LogP contribution in [0.3, 0.4) is 0 Å². The summed E-state index contributed by atoms with van der Waals surface area (Å²) < 4.78 is 41.6. The summed E-state index contributed by atoms with van der Waals surface area (Å²) in [4.78, 5) is 17.0. The van der Waals surface area contributed by atoms with Crippen LogP contribution in [0.1, 0.15) is 43.1 Å². The van der Waals surface area contributed by atoms with Crippen molar-refractivity contribution >= 4 is 17.3 Å². The maximum Gasteiger partial charge on any atom is 0.277 e. The third-order valence-electron chi connectivity index (χ3n) is 3.19. The summed E-state index contributed by atoms with van der Waals surface area (Å²) in [5.74, 6) is -3.85. The summed E-state index contributed by atoms with van der Waals surface area (Å²) in [6.45, 7) is 7.81. The van der Waals surface area contributed by atoms with E-state index in [2.05, 4.69) is 10.8 Å². The molecule has 2 aromatic carbocycles. The predicted molar refractivity (Wildman–Crippen MR) is 95.8 cm³/mol. The number of hydroxylamine groups is 1. The number of carbonyl (C=O) groups excluding carboxylic acids is 1. The highest BCUT2D eigenvalue weighted by Crippen LogP contribution is 2.28. The second-order valence-corrected chi connectivity index (χ2v) is 5.17. The summed E-state index contributed by atoms with van der Waals surface area (Å²) >= 11 is 0. The van der Waals surface area contributed by atoms with Gasteiger partial charge in [0.25, 0.3) is 5.91 Å². The standard InChI is InChI=1S/C17H17F3N2O2.C2H6/c1-3-8-24-22-17(23)11-5-6-12(18)15(20)16(11)21-14-7-4-10(2)9-13(14)19;1-2/h4-7,9,21H,3,8H2,1-2H3,(H,22,23);1-2H3. The van der Waals surface area contributed by atoms with Crippen molar-refractivity contribution in [1.82, 2.24) is 5.48 Å². The summed E-state index contributed by atoms with van der Waals surface area (Å²) in [6, 6.07) is 6.14. The van der Waals surface area contributed by atoms with Crippen molar-refractivity contribution in [2.45, 2.75) is 34.1 Å². The Kier molecular flexibility index (Phi) is 8.64. The van der Waals surface area contributed by atoms with Crippen molar-refractivity contribution in [3.63, 3.8) is 0 Å². The first-order valence-electron chi connectivity index (χ1n) is 8.37. The van der Waals surface area contributed by atoms with E-state index in [0.717, 1.165) is 12.1 Å². The third kappa shape index (κ3) is 5.49. The van der Waals surface area contributed by atoms with Crippen LogP contribution in [0.15, 0.2) is 30.3 Å². The molecule has 0 unspecified atom stereocenters. The second kappa shape index (κ2) is 10.5. The third-order valence-corrected chi connectivity index (χ3v) is 3.19. The number of rotatable bonds is 6. The predicted octanol–water partition coefficient (Wildman–Crippen LogP) is 5.25. The molecule has 0 fully saturated rings. The Morgan fingerprint density at radius 3 is 2.38 bits per heavy atom. The second-order valence-electron chi connectivity index (χ2n) is 5.17. The summed E-state index contributed by atoms with van der Waals surface area (Å²) in [7, 11) is 0. The number of amides is 1. The number of benzene rings is 2. The Balaban J connectivity index is 0.00000163. The molecule has 26 heavy (non-hydrogen) atoms. The average Bonchev–Trinajstić information content (AvgIpc) is 2.63. The van der Waals surface area contributed by atoms with Crippen LogP contribution in [-0.2, 0) is 4.84 Å². The van der Waals surface area contributed by atoms with E-state index in [1.807, 2.05) is 20.8 Å². The van der Waals surface area contributed by atoms with Crippen molar-refractivity contribution in [2.75, 3.05) is 11.9 Å². The van der Waals surface area contributed by atoms with Gasteiger partial charge in [0, 0.05) is 0 Å². The van der Waals surface area contributed by atoms with Crippen LogP contribution < -0.4 is 10.8 Å². The van der Waals surface area contributed by atoms with E-state index >= 15 is 0 Å². The first kappa shape index (κ1) is 21.5. The molecule has 0 radical (unpaired) electrons. The lowest BCUT2D eigenvalue weighted by atomic mass is 10.1. The minimum Gasteiger partial charge on any atom is -0.350 e. The van der Waals surface area contributed by atoms with Crippen LogP contribution in [-0.4, -0.2) is 12.5 Å². The van der Waals surface area contributed by atoms with Crippen molar-refractivity contribution in [1.29, 1.82) is 0 Å². The van der Waals surface area contributed by atoms with E-state index in [4.69, 9.17) is 4.84 Å². The van der Waals surface area contributed by atoms with E-state index in [-0.39, 0.29) is 17.9 Å². The molecule has 0 heterocycles. The normalized spacial score (nSPS) is 9.96. The fraction of sp³-hybridized carbons (Fsp3) is 0.316. The first-order chi connectivity index (χ1) is 12.4. The highest BCUT2D eigenvalue weighted by atomic mass is 19.2. The molecule has 0 atom stereocenters. The van der Waals surface area contributed by atoms with Gasteiger partial charge in [-0.15, -0.1) is 0 Å². The van der Waals surface area contributed by atoms with Gasteiger partial charge in [-0.25, -0.2) is 18.7 Å². The van der Waals surface area contributed by atoms with Gasteiger partial charge in [-0.05, 0) is 43.2 Å². The summed E-state index contributed by atoms with van der Waals surface area (Å²) in [5.41, 5.74) is 2.06. The molecule has 142 valence electrons. The number of halogens is 3. The number of hydrogen-bond acceptors (Lipinski definition) is 3. The van der Waals surface area contributed by atoms with Crippen LogP contribution in [0.5, 0.6) is 0 Å². The maximum absolute atomic E-state index is 14.1. The zero-order valence-electron chi connectivity index (χ0n) is 15.3. The van der Waals surface area contributed by atoms with E-state index in [9.17, 15) is 18.0 Å². The number of carbonyl (C=O) groups is 1. The Bertz CT molecular complexity index is 752. The number of anilines is 2. The lowest BCUT2D eigenvalue weighted by Crippen LogP contribution is -2.25. The molecule has 2 N–H and O–H groups in total. The fourth-order valence-electron chi connectivity index (χ4n) is 1.99. The zero-order valence-corrected chi connectivity index (χ0v) is 15.3. The largest absolute Gasteiger partial charge is 0.350 e. The first-order valence-corrected chi connectivity index (χ1v) is 8.37. The summed E-state index contributed by atoms with van der Waals surface area (Å²) in [5, 5.41) is 2.44. The minimum absolute atomic E-state index is 0.0753. The molecule has 0 aliphatic carbocycles. The van der Waals surface area contributed by atoms with Gasteiger partial charge in [0.1, 0.15) is 5.82 Å². The molecule has 7 heteroatoms. The Labute approximate surface area is 151 Å². The Hall–Kier alpha value is -2.54. The number of aryl methyl sites for hydroxylation is 1. The lowest BCUT2D eigenvalue weighted by molar-refractivity contribution is 0.0315. The van der Waals surface area contributed by atoms with E-state index in [1.54, 1.807) is 13.0 Å². The minimum atomic E-state index is -1.28. The Morgan fingerprint density at radius 2 is 1.77 bits per heavy atom. The highest BCUT2D eigenvalue weighted by Gasteiger charge is 2.20. The average molecular weight is 368 g/mol. The van der Waals surface area contributed by atoms with Crippen LogP contribution in [0.2, 0.25) is 0 Å². The highest BCUT2D eigenvalue weighted by molar-refractivity contribution is 5.99. The quantitative estimate of drug-likeness (QED) is 0.541. The summed E-state index contributed by atoms with van der Waals surface area (Å²) in [6.07, 6.45) is 0.664.